The van der Waals surface area contributed by atoms with E-state index in [0.29, 0.717) is 6.54 Å². The van der Waals surface area contributed by atoms with E-state index < -0.39 is 5.43 Å². The second kappa shape index (κ2) is 9.41. The third-order valence-corrected chi connectivity index (χ3v) is 6.92. The molecule has 0 unspecified atom stereocenters. The summed E-state index contributed by atoms with van der Waals surface area (Å²) in [6.07, 6.45) is 12.2. The van der Waals surface area contributed by atoms with Crippen molar-refractivity contribution in [3.05, 3.63) is 75.8 Å². The smallest absolute Gasteiger partial charge is 0.259 e. The molecule has 0 spiro atoms. The average molecular weight is 459 g/mol. The van der Waals surface area contributed by atoms with Crippen LogP contribution in [-0.4, -0.2) is 39.4 Å². The van der Waals surface area contributed by atoms with Gasteiger partial charge in [0.15, 0.2) is 0 Å². The van der Waals surface area contributed by atoms with Crippen LogP contribution in [0.15, 0.2) is 53.7 Å². The number of nitrogens with zero attached hydrogens (tertiary/aromatic N) is 3. The van der Waals surface area contributed by atoms with Crippen molar-refractivity contribution < 1.29 is 9.59 Å². The Morgan fingerprint density at radius 1 is 1.03 bits per heavy atom. The molecule has 7 heteroatoms. The van der Waals surface area contributed by atoms with E-state index in [2.05, 4.69) is 10.3 Å². The lowest BCUT2D eigenvalue weighted by atomic mass is 9.95. The van der Waals surface area contributed by atoms with Gasteiger partial charge in [-0.2, -0.15) is 0 Å². The number of nitrogens with one attached hydrogen (secondary N) is 1. The molecule has 0 bridgehead atoms. The Morgan fingerprint density at radius 2 is 1.79 bits per heavy atom. The zero-order valence-corrected chi connectivity index (χ0v) is 19.5. The van der Waals surface area contributed by atoms with Crippen LogP contribution in [0.25, 0.3) is 10.9 Å². The fourth-order valence-corrected chi connectivity index (χ4v) is 4.84. The molecule has 0 atom stereocenters. The summed E-state index contributed by atoms with van der Waals surface area (Å²) in [5.41, 5.74) is 1.42. The molecule has 3 aromatic rings. The summed E-state index contributed by atoms with van der Waals surface area (Å²) >= 11 is 0. The van der Waals surface area contributed by atoms with Crippen molar-refractivity contribution in [2.75, 3.05) is 7.05 Å². The Bertz CT molecular complexity index is 1280. The fraction of sp³-hybridized carbons (Fsp3) is 0.407. The lowest BCUT2D eigenvalue weighted by molar-refractivity contribution is 0.0783. The van der Waals surface area contributed by atoms with Crippen LogP contribution < -0.4 is 10.7 Å². The van der Waals surface area contributed by atoms with Crippen LogP contribution in [0, 0.1) is 0 Å². The summed E-state index contributed by atoms with van der Waals surface area (Å²) in [7, 11) is 1.69. The van der Waals surface area contributed by atoms with E-state index >= 15 is 0 Å². The molecule has 2 aromatic heterocycles. The highest BCUT2D eigenvalue weighted by Crippen LogP contribution is 2.34. The van der Waals surface area contributed by atoms with Crippen molar-refractivity contribution in [1.82, 2.24) is 19.8 Å². The molecule has 2 heterocycles. The standard InChI is InChI=1S/C27H30N4O3/c1-30(15-18-7-5-11-24-21(18)10-6-14-28-24)27(34)23-17-31(20-12-13-20)16-22(25(23)32)26(33)29-19-8-3-2-4-9-19/h5-7,10-11,14,16-17,19-20H,2-4,8-9,12-13,15H2,1H3,(H,29,33). The van der Waals surface area contributed by atoms with Gasteiger partial charge >= 0.3 is 0 Å². The molecular formula is C27H30N4O3. The predicted molar refractivity (Wildman–Crippen MR) is 131 cm³/mol. The van der Waals surface area contributed by atoms with Crippen molar-refractivity contribution in [1.29, 1.82) is 0 Å². The number of pyridine rings is 2. The van der Waals surface area contributed by atoms with Gasteiger partial charge in [0, 0.05) is 49.7 Å². The largest absolute Gasteiger partial charge is 0.349 e. The Morgan fingerprint density at radius 3 is 2.56 bits per heavy atom. The normalized spacial score (nSPS) is 16.4. The van der Waals surface area contributed by atoms with Gasteiger partial charge in [-0.15, -0.1) is 0 Å². The minimum atomic E-state index is -0.498. The quantitative estimate of drug-likeness (QED) is 0.604. The second-order valence-electron chi connectivity index (χ2n) is 9.55. The first kappa shape index (κ1) is 22.3. The first-order valence-electron chi connectivity index (χ1n) is 12.2. The Hall–Kier alpha value is -3.48. The highest BCUT2D eigenvalue weighted by molar-refractivity contribution is 5.99. The molecule has 0 aliphatic heterocycles. The molecule has 176 valence electrons. The molecule has 34 heavy (non-hydrogen) atoms. The summed E-state index contributed by atoms with van der Waals surface area (Å²) in [5.74, 6) is -0.753. The number of fused-ring (bicyclic) bond motifs is 1. The van der Waals surface area contributed by atoms with E-state index in [-0.39, 0.29) is 35.0 Å². The Labute approximate surface area is 198 Å². The maximum atomic E-state index is 13.4. The molecule has 0 radical (unpaired) electrons. The molecule has 2 saturated carbocycles. The lowest BCUT2D eigenvalue weighted by Crippen LogP contribution is -2.40. The number of benzene rings is 1. The van der Waals surface area contributed by atoms with Crippen LogP contribution >= 0.6 is 0 Å². The summed E-state index contributed by atoms with van der Waals surface area (Å²) in [6.45, 7) is 0.337. The van der Waals surface area contributed by atoms with Crippen LogP contribution in [-0.2, 0) is 6.54 Å². The van der Waals surface area contributed by atoms with E-state index in [0.717, 1.165) is 55.0 Å². The molecule has 0 saturated heterocycles. The van der Waals surface area contributed by atoms with Gasteiger partial charge in [0.2, 0.25) is 5.43 Å². The van der Waals surface area contributed by atoms with Crippen LogP contribution in [0.3, 0.4) is 0 Å². The lowest BCUT2D eigenvalue weighted by Gasteiger charge is -2.23. The monoisotopic (exact) mass is 458 g/mol. The summed E-state index contributed by atoms with van der Waals surface area (Å²) < 4.78 is 1.88. The van der Waals surface area contributed by atoms with Gasteiger partial charge in [0.05, 0.1) is 5.52 Å². The number of hydrogen-bond donors (Lipinski definition) is 1. The Balaban J connectivity index is 1.43. The highest BCUT2D eigenvalue weighted by Gasteiger charge is 2.29. The number of aromatic nitrogens is 2. The van der Waals surface area contributed by atoms with Gasteiger partial charge in [-0.05, 0) is 43.4 Å². The SMILES string of the molecule is CN(Cc1cccc2ncccc12)C(=O)c1cn(C2CC2)cc(C(=O)NC2CCCCC2)c1=O. The molecule has 2 aliphatic carbocycles. The van der Waals surface area contributed by atoms with Gasteiger partial charge in [-0.25, -0.2) is 0 Å². The Kier molecular flexibility index (Phi) is 6.18. The van der Waals surface area contributed by atoms with Crippen molar-refractivity contribution in [2.24, 2.45) is 0 Å². The van der Waals surface area contributed by atoms with E-state index in [1.165, 1.54) is 6.42 Å². The fourth-order valence-electron chi connectivity index (χ4n) is 4.84. The van der Waals surface area contributed by atoms with E-state index in [1.807, 2.05) is 34.9 Å². The molecule has 5 rings (SSSR count). The third-order valence-electron chi connectivity index (χ3n) is 6.92. The van der Waals surface area contributed by atoms with Crippen molar-refractivity contribution in [3.8, 4) is 0 Å². The minimum absolute atomic E-state index is 0.0454. The maximum absolute atomic E-state index is 13.4. The summed E-state index contributed by atoms with van der Waals surface area (Å²) in [5, 5.41) is 4.01. The zero-order valence-electron chi connectivity index (χ0n) is 19.5. The summed E-state index contributed by atoms with van der Waals surface area (Å²) in [6, 6.07) is 10.00. The molecule has 1 N–H and O–H groups in total. The number of amides is 2. The zero-order chi connectivity index (χ0) is 23.7. The van der Waals surface area contributed by atoms with Crippen LogP contribution in [0.2, 0.25) is 0 Å². The molecule has 7 nitrogen and oxygen atoms in total. The van der Waals surface area contributed by atoms with Crippen molar-refractivity contribution in [3.63, 3.8) is 0 Å². The molecule has 2 amide bonds. The second-order valence-corrected chi connectivity index (χ2v) is 9.55. The number of hydrogen-bond acceptors (Lipinski definition) is 4. The van der Waals surface area contributed by atoms with Gasteiger partial charge in [-0.1, -0.05) is 37.5 Å². The van der Waals surface area contributed by atoms with Crippen LogP contribution in [0.5, 0.6) is 0 Å². The van der Waals surface area contributed by atoms with Gasteiger partial charge < -0.3 is 14.8 Å². The van der Waals surface area contributed by atoms with Crippen molar-refractivity contribution in [2.45, 2.75) is 63.6 Å². The van der Waals surface area contributed by atoms with E-state index in [1.54, 1.807) is 30.5 Å². The van der Waals surface area contributed by atoms with Gasteiger partial charge in [0.1, 0.15) is 11.1 Å². The highest BCUT2D eigenvalue weighted by atomic mass is 16.2. The molecular weight excluding hydrogens is 428 g/mol. The van der Waals surface area contributed by atoms with Gasteiger partial charge in [-0.3, -0.25) is 19.4 Å². The maximum Gasteiger partial charge on any atom is 0.259 e. The van der Waals surface area contributed by atoms with Gasteiger partial charge in [0.25, 0.3) is 11.8 Å². The minimum Gasteiger partial charge on any atom is -0.349 e. The number of carbonyl (C=O) groups excluding carboxylic acids is 2. The topological polar surface area (TPSA) is 84.3 Å². The number of rotatable bonds is 6. The first-order valence-corrected chi connectivity index (χ1v) is 12.2. The van der Waals surface area contributed by atoms with E-state index in [9.17, 15) is 14.4 Å². The van der Waals surface area contributed by atoms with Crippen molar-refractivity contribution >= 4 is 22.7 Å². The van der Waals surface area contributed by atoms with E-state index in [4.69, 9.17) is 0 Å². The third kappa shape index (κ3) is 4.60. The predicted octanol–water partition coefficient (Wildman–Crippen LogP) is 4.07. The first-order chi connectivity index (χ1) is 16.5. The molecule has 1 aromatic carbocycles. The molecule has 2 aliphatic rings. The van der Waals surface area contributed by atoms with Crippen LogP contribution in [0.1, 0.15) is 77.3 Å². The summed E-state index contributed by atoms with van der Waals surface area (Å²) in [4.78, 5) is 45.7. The van der Waals surface area contributed by atoms with Crippen LogP contribution in [0.4, 0.5) is 0 Å². The average Bonchev–Trinajstić information content (AvgIpc) is 3.70. The molecule has 2 fully saturated rings. The number of carbonyl (C=O) groups is 2.